The summed E-state index contributed by atoms with van der Waals surface area (Å²) in [6.45, 7) is 5.77. The molecule has 0 aliphatic rings. The number of hydrogen-bond donors (Lipinski definition) is 2. The summed E-state index contributed by atoms with van der Waals surface area (Å²) in [5, 5.41) is 10.1. The highest BCUT2D eigenvalue weighted by Gasteiger charge is 2.23. The lowest BCUT2D eigenvalue weighted by Crippen LogP contribution is -2.34. The van der Waals surface area contributed by atoms with Gasteiger partial charge < -0.3 is 15.6 Å². The average molecular weight is 255 g/mol. The van der Waals surface area contributed by atoms with Crippen LogP contribution in [-0.4, -0.2) is 17.3 Å². The third kappa shape index (κ3) is 3.68. The van der Waals surface area contributed by atoms with Crippen molar-refractivity contribution in [1.82, 2.24) is 0 Å². The van der Waals surface area contributed by atoms with Crippen molar-refractivity contribution in [2.75, 3.05) is 6.61 Å². The Balaban J connectivity index is 2.85. The fourth-order valence-electron chi connectivity index (χ4n) is 1.67. The van der Waals surface area contributed by atoms with E-state index in [1.165, 1.54) is 12.1 Å². The first kappa shape index (κ1) is 14.9. The van der Waals surface area contributed by atoms with Gasteiger partial charge in [-0.15, -0.1) is 0 Å². The summed E-state index contributed by atoms with van der Waals surface area (Å²) in [6, 6.07) is 3.95. The first-order valence-electron chi connectivity index (χ1n) is 6.32. The van der Waals surface area contributed by atoms with Gasteiger partial charge in [-0.05, 0) is 38.0 Å². The van der Waals surface area contributed by atoms with Gasteiger partial charge in [0.2, 0.25) is 0 Å². The van der Waals surface area contributed by atoms with Crippen molar-refractivity contribution in [3.05, 3.63) is 29.6 Å². The van der Waals surface area contributed by atoms with E-state index in [0.29, 0.717) is 24.2 Å². The number of rotatable bonds is 6. The summed E-state index contributed by atoms with van der Waals surface area (Å²) in [4.78, 5) is 0. The van der Waals surface area contributed by atoms with E-state index in [4.69, 9.17) is 10.5 Å². The zero-order chi connectivity index (χ0) is 13.8. The Kier molecular flexibility index (Phi) is 5.11. The molecule has 1 aromatic rings. The molecule has 3 nitrogen and oxygen atoms in total. The molecule has 1 aromatic carbocycles. The normalized spacial score (nSPS) is 13.4. The zero-order valence-electron chi connectivity index (χ0n) is 11.2. The fraction of sp³-hybridized carbons (Fsp3) is 0.571. The minimum atomic E-state index is -0.844. The van der Waals surface area contributed by atoms with Crippen LogP contribution in [-0.2, 0) is 0 Å². The molecule has 0 aliphatic carbocycles. The molecule has 0 saturated heterocycles. The van der Waals surface area contributed by atoms with Gasteiger partial charge in [0, 0.05) is 11.6 Å². The minimum absolute atomic E-state index is 0.186. The molecule has 3 N–H and O–H groups in total. The van der Waals surface area contributed by atoms with Gasteiger partial charge in [-0.3, -0.25) is 0 Å². The van der Waals surface area contributed by atoms with E-state index in [0.717, 1.165) is 0 Å². The second kappa shape index (κ2) is 6.16. The molecule has 0 heterocycles. The molecule has 1 atom stereocenters. The fourth-order valence-corrected chi connectivity index (χ4v) is 1.67. The van der Waals surface area contributed by atoms with Crippen molar-refractivity contribution in [1.29, 1.82) is 0 Å². The van der Waals surface area contributed by atoms with E-state index in [2.05, 4.69) is 0 Å². The van der Waals surface area contributed by atoms with Gasteiger partial charge >= 0.3 is 0 Å². The van der Waals surface area contributed by atoms with Crippen molar-refractivity contribution in [2.45, 2.75) is 45.3 Å². The lowest BCUT2D eigenvalue weighted by atomic mass is 9.99. The number of benzene rings is 1. The topological polar surface area (TPSA) is 55.5 Å². The number of hydrogen-bond acceptors (Lipinski definition) is 3. The summed E-state index contributed by atoms with van der Waals surface area (Å²) in [5.41, 5.74) is 5.55. The van der Waals surface area contributed by atoms with Crippen molar-refractivity contribution < 1.29 is 14.2 Å². The summed E-state index contributed by atoms with van der Waals surface area (Å²) in [5.74, 6) is 0.197. The molecule has 0 aromatic heterocycles. The van der Waals surface area contributed by atoms with Crippen LogP contribution in [0, 0.1) is 5.82 Å². The highest BCUT2D eigenvalue weighted by atomic mass is 19.1. The largest absolute Gasteiger partial charge is 0.490 e. The first-order chi connectivity index (χ1) is 8.41. The Morgan fingerprint density at radius 1 is 1.39 bits per heavy atom. The number of nitrogens with two attached hydrogens (primary N) is 1. The van der Waals surface area contributed by atoms with Crippen LogP contribution in [0.4, 0.5) is 4.39 Å². The standard InChI is InChI=1S/C14H22FNO2/c1-4-14(17,5-2)9-18-13-7-6-11(15)8-12(13)10(3)16/h6-8,10,17H,4-5,9,16H2,1-3H3. The smallest absolute Gasteiger partial charge is 0.124 e. The second-order valence-corrected chi connectivity index (χ2v) is 4.69. The Labute approximate surface area is 108 Å². The van der Waals surface area contributed by atoms with Gasteiger partial charge in [-0.1, -0.05) is 13.8 Å². The minimum Gasteiger partial charge on any atom is -0.490 e. The lowest BCUT2D eigenvalue weighted by Gasteiger charge is -2.26. The molecule has 1 rings (SSSR count). The molecular weight excluding hydrogens is 233 g/mol. The van der Waals surface area contributed by atoms with Crippen LogP contribution in [0.1, 0.15) is 45.2 Å². The highest BCUT2D eigenvalue weighted by Crippen LogP contribution is 2.26. The quantitative estimate of drug-likeness (QED) is 0.821. The monoisotopic (exact) mass is 255 g/mol. The van der Waals surface area contributed by atoms with Crippen LogP contribution < -0.4 is 10.5 Å². The van der Waals surface area contributed by atoms with Gasteiger partial charge in [0.25, 0.3) is 0 Å². The molecule has 0 fully saturated rings. The van der Waals surface area contributed by atoms with Gasteiger partial charge in [-0.25, -0.2) is 4.39 Å². The molecule has 0 spiro atoms. The maximum atomic E-state index is 13.2. The van der Waals surface area contributed by atoms with Crippen LogP contribution in [0.5, 0.6) is 5.75 Å². The van der Waals surface area contributed by atoms with Gasteiger partial charge in [0.1, 0.15) is 18.2 Å². The van der Waals surface area contributed by atoms with E-state index in [1.54, 1.807) is 13.0 Å². The highest BCUT2D eigenvalue weighted by molar-refractivity contribution is 5.36. The molecule has 0 aliphatic heterocycles. The van der Waals surface area contributed by atoms with Crippen molar-refractivity contribution >= 4 is 0 Å². The van der Waals surface area contributed by atoms with Gasteiger partial charge in [-0.2, -0.15) is 0 Å². The maximum absolute atomic E-state index is 13.2. The number of aliphatic hydroxyl groups is 1. The van der Waals surface area contributed by atoms with Crippen LogP contribution >= 0.6 is 0 Å². The van der Waals surface area contributed by atoms with Crippen LogP contribution in [0.2, 0.25) is 0 Å². The summed E-state index contributed by atoms with van der Waals surface area (Å²) < 4.78 is 18.8. The molecule has 4 heteroatoms. The molecule has 0 radical (unpaired) electrons. The van der Waals surface area contributed by atoms with Gasteiger partial charge in [0.05, 0.1) is 5.60 Å². The van der Waals surface area contributed by atoms with Crippen molar-refractivity contribution in [3.8, 4) is 5.75 Å². The zero-order valence-corrected chi connectivity index (χ0v) is 11.2. The maximum Gasteiger partial charge on any atom is 0.124 e. The molecule has 18 heavy (non-hydrogen) atoms. The molecule has 0 saturated carbocycles. The number of ether oxygens (including phenoxy) is 1. The Morgan fingerprint density at radius 3 is 2.50 bits per heavy atom. The lowest BCUT2D eigenvalue weighted by molar-refractivity contribution is -0.0116. The molecule has 0 bridgehead atoms. The first-order valence-corrected chi connectivity index (χ1v) is 6.32. The average Bonchev–Trinajstić information content (AvgIpc) is 2.36. The van der Waals surface area contributed by atoms with Crippen molar-refractivity contribution in [3.63, 3.8) is 0 Å². The molecule has 102 valence electrons. The van der Waals surface area contributed by atoms with Crippen LogP contribution in [0.3, 0.4) is 0 Å². The SMILES string of the molecule is CCC(O)(CC)COc1ccc(F)cc1C(C)N. The van der Waals surface area contributed by atoms with Crippen LogP contribution in [0.15, 0.2) is 18.2 Å². The van der Waals surface area contributed by atoms with Crippen LogP contribution in [0.25, 0.3) is 0 Å². The molecule has 1 unspecified atom stereocenters. The predicted octanol–water partition coefficient (Wildman–Crippen LogP) is 2.78. The van der Waals surface area contributed by atoms with Gasteiger partial charge in [0.15, 0.2) is 0 Å². The second-order valence-electron chi connectivity index (χ2n) is 4.69. The van der Waals surface area contributed by atoms with E-state index >= 15 is 0 Å². The summed E-state index contributed by atoms with van der Waals surface area (Å²) in [6.07, 6.45) is 1.22. The number of halogens is 1. The molecular formula is C14H22FNO2. The van der Waals surface area contributed by atoms with Crippen molar-refractivity contribution in [2.24, 2.45) is 5.73 Å². The van der Waals surface area contributed by atoms with E-state index in [1.807, 2.05) is 13.8 Å². The third-order valence-electron chi connectivity index (χ3n) is 3.27. The molecule has 0 amide bonds. The van der Waals surface area contributed by atoms with E-state index < -0.39 is 5.60 Å². The van der Waals surface area contributed by atoms with E-state index in [9.17, 15) is 9.50 Å². The van der Waals surface area contributed by atoms with E-state index in [-0.39, 0.29) is 18.5 Å². The third-order valence-corrected chi connectivity index (χ3v) is 3.27. The summed E-state index contributed by atoms with van der Waals surface area (Å²) >= 11 is 0. The summed E-state index contributed by atoms with van der Waals surface area (Å²) in [7, 11) is 0. The Bertz CT molecular complexity index is 389. The Morgan fingerprint density at radius 2 is 2.00 bits per heavy atom. The predicted molar refractivity (Wildman–Crippen MR) is 70.0 cm³/mol. The Hall–Kier alpha value is -1.13.